The summed E-state index contributed by atoms with van der Waals surface area (Å²) in [6.07, 6.45) is 1.16. The molecule has 0 amide bonds. The van der Waals surface area contributed by atoms with Crippen molar-refractivity contribution in [2.75, 3.05) is 13.1 Å². The lowest BCUT2D eigenvalue weighted by Gasteiger charge is -2.18. The van der Waals surface area contributed by atoms with E-state index in [4.69, 9.17) is 28.9 Å². The lowest BCUT2D eigenvalue weighted by atomic mass is 10.0. The third kappa shape index (κ3) is 3.32. The second kappa shape index (κ2) is 5.53. The second-order valence-electron chi connectivity index (χ2n) is 4.73. The first-order valence-electron chi connectivity index (χ1n) is 5.85. The molecule has 0 aliphatic carbocycles. The number of nitrogens with zero attached hydrogens (tertiary/aromatic N) is 2. The van der Waals surface area contributed by atoms with E-state index in [-0.39, 0.29) is 6.04 Å². The molecule has 1 aliphatic rings. The maximum absolute atomic E-state index is 6.06. The van der Waals surface area contributed by atoms with Gasteiger partial charge in [-0.3, -0.25) is 4.90 Å². The van der Waals surface area contributed by atoms with Crippen molar-refractivity contribution in [2.24, 2.45) is 11.7 Å². The van der Waals surface area contributed by atoms with Gasteiger partial charge >= 0.3 is 0 Å². The zero-order valence-electron chi connectivity index (χ0n) is 9.87. The molecule has 5 heteroatoms. The molecule has 17 heavy (non-hydrogen) atoms. The van der Waals surface area contributed by atoms with E-state index in [1.807, 2.05) is 6.07 Å². The first-order valence-corrected chi connectivity index (χ1v) is 6.60. The quantitative estimate of drug-likeness (QED) is 0.861. The van der Waals surface area contributed by atoms with Crippen LogP contribution in [0.4, 0.5) is 0 Å². The van der Waals surface area contributed by atoms with Crippen LogP contribution < -0.4 is 5.73 Å². The zero-order valence-corrected chi connectivity index (χ0v) is 11.4. The van der Waals surface area contributed by atoms with Crippen LogP contribution in [0.1, 0.15) is 18.9 Å². The smallest absolute Gasteiger partial charge is 0.135 e. The molecule has 0 spiro atoms. The fourth-order valence-corrected chi connectivity index (χ4v) is 2.64. The number of hydrogen-bond acceptors (Lipinski definition) is 3. The molecule has 2 heterocycles. The Bertz CT molecular complexity index is 395. The highest BCUT2D eigenvalue weighted by atomic mass is 35.5. The molecule has 94 valence electrons. The van der Waals surface area contributed by atoms with Crippen LogP contribution in [-0.4, -0.2) is 29.0 Å². The molecule has 1 fully saturated rings. The fraction of sp³-hybridized carbons (Fsp3) is 0.583. The minimum Gasteiger partial charge on any atom is -0.328 e. The van der Waals surface area contributed by atoms with Crippen LogP contribution in [0.5, 0.6) is 0 Å². The Labute approximate surface area is 112 Å². The normalized spacial score (nSPS) is 22.9. The summed E-state index contributed by atoms with van der Waals surface area (Å²) in [6.45, 7) is 5.01. The van der Waals surface area contributed by atoms with Gasteiger partial charge in [-0.2, -0.15) is 0 Å². The van der Waals surface area contributed by atoms with E-state index >= 15 is 0 Å². The molecule has 0 radical (unpaired) electrons. The van der Waals surface area contributed by atoms with E-state index < -0.39 is 0 Å². The van der Waals surface area contributed by atoms with Crippen LogP contribution in [0.15, 0.2) is 12.1 Å². The molecule has 3 nitrogen and oxygen atoms in total. The molecule has 0 aromatic carbocycles. The highest BCUT2D eigenvalue weighted by molar-refractivity contribution is 6.32. The average molecular weight is 274 g/mol. The number of rotatable bonds is 3. The summed E-state index contributed by atoms with van der Waals surface area (Å²) >= 11 is 11.8. The SMILES string of the molecule is CC(N)C1CCN(Cc2ccc(Cl)nc2Cl)C1. The number of halogens is 2. The predicted molar refractivity (Wildman–Crippen MR) is 71.3 cm³/mol. The Morgan fingerprint density at radius 3 is 2.88 bits per heavy atom. The van der Waals surface area contributed by atoms with Crippen LogP contribution in [0.2, 0.25) is 10.3 Å². The van der Waals surface area contributed by atoms with Gasteiger partial charge in [-0.15, -0.1) is 0 Å². The first kappa shape index (κ1) is 13.1. The molecule has 0 bridgehead atoms. The monoisotopic (exact) mass is 273 g/mol. The van der Waals surface area contributed by atoms with Crippen LogP contribution >= 0.6 is 23.2 Å². The Balaban J connectivity index is 1.98. The van der Waals surface area contributed by atoms with Gasteiger partial charge in [0.25, 0.3) is 0 Å². The van der Waals surface area contributed by atoms with Gasteiger partial charge in [-0.25, -0.2) is 4.98 Å². The third-order valence-corrected chi connectivity index (χ3v) is 3.88. The summed E-state index contributed by atoms with van der Waals surface area (Å²) < 4.78 is 0. The molecule has 2 unspecified atom stereocenters. The lowest BCUT2D eigenvalue weighted by molar-refractivity contribution is 0.308. The van der Waals surface area contributed by atoms with Crippen LogP contribution in [0.25, 0.3) is 0 Å². The van der Waals surface area contributed by atoms with Gasteiger partial charge in [0.15, 0.2) is 0 Å². The number of likely N-dealkylation sites (tertiary alicyclic amines) is 1. The average Bonchev–Trinajstić information content (AvgIpc) is 2.71. The van der Waals surface area contributed by atoms with E-state index in [1.54, 1.807) is 6.07 Å². The van der Waals surface area contributed by atoms with Crippen molar-refractivity contribution in [1.82, 2.24) is 9.88 Å². The van der Waals surface area contributed by atoms with Crippen molar-refractivity contribution in [3.05, 3.63) is 28.0 Å². The van der Waals surface area contributed by atoms with Crippen LogP contribution in [0, 0.1) is 5.92 Å². The molecular weight excluding hydrogens is 257 g/mol. The Kier molecular flexibility index (Phi) is 4.26. The second-order valence-corrected chi connectivity index (χ2v) is 5.47. The first-order chi connectivity index (χ1) is 8.06. The molecule has 1 aliphatic heterocycles. The highest BCUT2D eigenvalue weighted by Gasteiger charge is 2.25. The summed E-state index contributed by atoms with van der Waals surface area (Å²) in [4.78, 5) is 6.42. The third-order valence-electron chi connectivity index (χ3n) is 3.34. The molecule has 1 aromatic rings. The molecular formula is C12H17Cl2N3. The van der Waals surface area contributed by atoms with Crippen LogP contribution in [0.3, 0.4) is 0 Å². The fourth-order valence-electron chi connectivity index (χ4n) is 2.24. The van der Waals surface area contributed by atoms with E-state index in [1.165, 1.54) is 0 Å². The van der Waals surface area contributed by atoms with Crippen molar-refractivity contribution >= 4 is 23.2 Å². The van der Waals surface area contributed by atoms with Gasteiger partial charge in [0.05, 0.1) is 0 Å². The van der Waals surface area contributed by atoms with Gasteiger partial charge in [0.2, 0.25) is 0 Å². The summed E-state index contributed by atoms with van der Waals surface area (Å²) in [5, 5.41) is 0.940. The predicted octanol–water partition coefficient (Wildman–Crippen LogP) is 2.56. The Morgan fingerprint density at radius 2 is 2.29 bits per heavy atom. The summed E-state index contributed by atoms with van der Waals surface area (Å²) in [5.74, 6) is 0.592. The van der Waals surface area contributed by atoms with Crippen molar-refractivity contribution in [2.45, 2.75) is 25.9 Å². The Morgan fingerprint density at radius 1 is 1.53 bits per heavy atom. The van der Waals surface area contributed by atoms with Crippen molar-refractivity contribution in [3.63, 3.8) is 0 Å². The van der Waals surface area contributed by atoms with E-state index in [0.717, 1.165) is 31.6 Å². The van der Waals surface area contributed by atoms with Crippen molar-refractivity contribution in [1.29, 1.82) is 0 Å². The zero-order chi connectivity index (χ0) is 12.4. The van der Waals surface area contributed by atoms with Gasteiger partial charge in [0, 0.05) is 24.7 Å². The number of pyridine rings is 1. The standard InChI is InChI=1S/C12H17Cl2N3/c1-8(15)9-4-5-17(6-9)7-10-2-3-11(13)16-12(10)14/h2-3,8-9H,4-7,15H2,1H3. The summed E-state index contributed by atoms with van der Waals surface area (Å²) in [6, 6.07) is 3.98. The minimum atomic E-state index is 0.263. The van der Waals surface area contributed by atoms with Gasteiger partial charge in [-0.05, 0) is 31.9 Å². The maximum atomic E-state index is 6.06. The van der Waals surface area contributed by atoms with Crippen molar-refractivity contribution < 1.29 is 0 Å². The molecule has 2 N–H and O–H groups in total. The molecule has 2 rings (SSSR count). The van der Waals surface area contributed by atoms with Crippen LogP contribution in [-0.2, 0) is 6.54 Å². The lowest BCUT2D eigenvalue weighted by Crippen LogP contribution is -2.29. The minimum absolute atomic E-state index is 0.263. The number of aromatic nitrogens is 1. The number of nitrogens with two attached hydrogens (primary N) is 1. The van der Waals surface area contributed by atoms with Gasteiger partial charge in [-0.1, -0.05) is 29.3 Å². The Hall–Kier alpha value is -0.350. The molecule has 0 saturated carbocycles. The molecule has 2 atom stereocenters. The van der Waals surface area contributed by atoms with Gasteiger partial charge in [0.1, 0.15) is 10.3 Å². The topological polar surface area (TPSA) is 42.1 Å². The summed E-state index contributed by atoms with van der Waals surface area (Å²) in [5.41, 5.74) is 6.95. The molecule has 1 aromatic heterocycles. The van der Waals surface area contributed by atoms with Crippen molar-refractivity contribution in [3.8, 4) is 0 Å². The molecule has 1 saturated heterocycles. The largest absolute Gasteiger partial charge is 0.328 e. The number of hydrogen-bond donors (Lipinski definition) is 1. The van der Waals surface area contributed by atoms with E-state index in [0.29, 0.717) is 16.2 Å². The maximum Gasteiger partial charge on any atom is 0.135 e. The highest BCUT2D eigenvalue weighted by Crippen LogP contribution is 2.23. The van der Waals surface area contributed by atoms with E-state index in [9.17, 15) is 0 Å². The summed E-state index contributed by atoms with van der Waals surface area (Å²) in [7, 11) is 0. The van der Waals surface area contributed by atoms with Gasteiger partial charge < -0.3 is 5.73 Å². The van der Waals surface area contributed by atoms with E-state index in [2.05, 4.69) is 16.8 Å².